The third kappa shape index (κ3) is 5.49. The minimum absolute atomic E-state index is 0.0552. The zero-order valence-electron chi connectivity index (χ0n) is 12.8. The number of hydrogen-bond acceptors (Lipinski definition) is 5. The highest BCUT2D eigenvalue weighted by molar-refractivity contribution is 6.62. The van der Waals surface area contributed by atoms with Crippen LogP contribution in [0, 0.1) is 0 Å². The standard InChI is InChI=1S/C13H28O5Si/c1-6-13(15-10-12-9-14-12)19(16-7-2,17-8-3)18-11(4)5/h11-13H,6-10H2,1-5H3. The molecule has 2 atom stereocenters. The molecule has 0 aromatic heterocycles. The minimum Gasteiger partial charge on any atom is -0.372 e. The predicted molar refractivity (Wildman–Crippen MR) is 75.0 cm³/mol. The zero-order chi connectivity index (χ0) is 14.3. The summed E-state index contributed by atoms with van der Waals surface area (Å²) in [6.45, 7) is 12.5. The first-order valence-corrected chi connectivity index (χ1v) is 9.07. The predicted octanol–water partition coefficient (Wildman–Crippen LogP) is 2.16. The Balaban J connectivity index is 2.73. The molecular weight excluding hydrogens is 264 g/mol. The van der Waals surface area contributed by atoms with Gasteiger partial charge in [0.2, 0.25) is 0 Å². The van der Waals surface area contributed by atoms with Crippen molar-refractivity contribution in [2.24, 2.45) is 0 Å². The van der Waals surface area contributed by atoms with Crippen LogP contribution >= 0.6 is 0 Å². The summed E-state index contributed by atoms with van der Waals surface area (Å²) in [5.74, 6) is 0. The van der Waals surface area contributed by atoms with Crippen molar-refractivity contribution < 1.29 is 22.8 Å². The Morgan fingerprint density at radius 1 is 1.16 bits per heavy atom. The van der Waals surface area contributed by atoms with Gasteiger partial charge in [-0.1, -0.05) is 6.92 Å². The lowest BCUT2D eigenvalue weighted by molar-refractivity contribution is -0.0278. The molecule has 0 bridgehead atoms. The summed E-state index contributed by atoms with van der Waals surface area (Å²) >= 11 is 0. The van der Waals surface area contributed by atoms with E-state index in [-0.39, 0.29) is 17.9 Å². The fourth-order valence-corrected chi connectivity index (χ4v) is 4.97. The van der Waals surface area contributed by atoms with Crippen molar-refractivity contribution in [2.75, 3.05) is 26.4 Å². The van der Waals surface area contributed by atoms with Crippen LogP contribution in [-0.4, -0.2) is 53.2 Å². The molecule has 0 radical (unpaired) electrons. The lowest BCUT2D eigenvalue weighted by Gasteiger charge is -2.36. The second kappa shape index (κ2) is 8.34. The molecule has 0 saturated carbocycles. The first-order chi connectivity index (χ1) is 9.07. The highest BCUT2D eigenvalue weighted by Gasteiger charge is 2.51. The second-order valence-corrected chi connectivity index (χ2v) is 7.49. The van der Waals surface area contributed by atoms with E-state index in [2.05, 4.69) is 6.92 Å². The Hall–Kier alpha value is 0.0169. The number of epoxide rings is 1. The first-order valence-electron chi connectivity index (χ1n) is 7.26. The molecule has 1 aliphatic rings. The molecule has 2 unspecified atom stereocenters. The van der Waals surface area contributed by atoms with Crippen LogP contribution in [0.1, 0.15) is 41.0 Å². The van der Waals surface area contributed by atoms with Crippen molar-refractivity contribution in [3.8, 4) is 0 Å². The maximum absolute atomic E-state index is 6.05. The third-order valence-corrected chi connectivity index (χ3v) is 6.29. The summed E-state index contributed by atoms with van der Waals surface area (Å²) in [6, 6.07) is 0. The molecule has 0 aromatic rings. The van der Waals surface area contributed by atoms with Crippen LogP contribution in [0.5, 0.6) is 0 Å². The average molecular weight is 292 g/mol. The lowest BCUT2D eigenvalue weighted by Crippen LogP contribution is -2.58. The Morgan fingerprint density at radius 2 is 1.74 bits per heavy atom. The topological polar surface area (TPSA) is 49.5 Å². The van der Waals surface area contributed by atoms with Gasteiger partial charge in [0.15, 0.2) is 0 Å². The Bertz CT molecular complexity index is 239. The molecule has 114 valence electrons. The number of rotatable bonds is 11. The van der Waals surface area contributed by atoms with Crippen molar-refractivity contribution in [2.45, 2.75) is 59.0 Å². The summed E-state index contributed by atoms with van der Waals surface area (Å²) in [4.78, 5) is 0. The summed E-state index contributed by atoms with van der Waals surface area (Å²) in [6.07, 6.45) is 1.11. The molecule has 5 nitrogen and oxygen atoms in total. The average Bonchev–Trinajstić information content (AvgIpc) is 3.13. The van der Waals surface area contributed by atoms with E-state index in [1.54, 1.807) is 0 Å². The summed E-state index contributed by atoms with van der Waals surface area (Å²) in [5, 5.41) is 0. The molecule has 0 amide bonds. The fraction of sp³-hybridized carbons (Fsp3) is 1.00. The fourth-order valence-electron chi connectivity index (χ4n) is 1.96. The van der Waals surface area contributed by atoms with Gasteiger partial charge in [0.05, 0.1) is 13.2 Å². The maximum atomic E-state index is 6.05. The van der Waals surface area contributed by atoms with Gasteiger partial charge in [-0.3, -0.25) is 0 Å². The quantitative estimate of drug-likeness (QED) is 0.431. The highest BCUT2D eigenvalue weighted by Crippen LogP contribution is 2.23. The highest BCUT2D eigenvalue weighted by atomic mass is 28.4. The Labute approximate surface area is 117 Å². The Kier molecular flexibility index (Phi) is 7.49. The molecule has 1 fully saturated rings. The molecule has 0 aromatic carbocycles. The van der Waals surface area contributed by atoms with Crippen LogP contribution in [0.25, 0.3) is 0 Å². The monoisotopic (exact) mass is 292 g/mol. The van der Waals surface area contributed by atoms with Gasteiger partial charge >= 0.3 is 8.80 Å². The molecule has 1 aliphatic heterocycles. The van der Waals surface area contributed by atoms with Crippen LogP contribution in [0.2, 0.25) is 0 Å². The summed E-state index contributed by atoms with van der Waals surface area (Å²) < 4.78 is 29.0. The molecule has 19 heavy (non-hydrogen) atoms. The first kappa shape index (κ1) is 17.1. The number of hydrogen-bond donors (Lipinski definition) is 0. The molecule has 1 rings (SSSR count). The van der Waals surface area contributed by atoms with Gasteiger partial charge in [0, 0.05) is 19.3 Å². The van der Waals surface area contributed by atoms with Crippen molar-refractivity contribution >= 4 is 8.80 Å². The van der Waals surface area contributed by atoms with Crippen molar-refractivity contribution in [1.82, 2.24) is 0 Å². The Morgan fingerprint density at radius 3 is 2.11 bits per heavy atom. The minimum atomic E-state index is -2.80. The third-order valence-electron chi connectivity index (χ3n) is 2.74. The van der Waals surface area contributed by atoms with Crippen LogP contribution in [-0.2, 0) is 22.8 Å². The van der Waals surface area contributed by atoms with E-state index in [4.69, 9.17) is 22.8 Å². The van der Waals surface area contributed by atoms with E-state index in [1.807, 2.05) is 27.7 Å². The summed E-state index contributed by atoms with van der Waals surface area (Å²) in [5.41, 5.74) is -0.126. The number of ether oxygens (including phenoxy) is 2. The van der Waals surface area contributed by atoms with Gasteiger partial charge < -0.3 is 22.8 Å². The van der Waals surface area contributed by atoms with Crippen LogP contribution in [0.15, 0.2) is 0 Å². The van der Waals surface area contributed by atoms with Crippen LogP contribution < -0.4 is 0 Å². The van der Waals surface area contributed by atoms with E-state index in [1.165, 1.54) is 0 Å². The second-order valence-electron chi connectivity index (χ2n) is 4.82. The van der Waals surface area contributed by atoms with E-state index in [0.717, 1.165) is 13.0 Å². The smallest absolute Gasteiger partial charge is 0.372 e. The van der Waals surface area contributed by atoms with E-state index in [9.17, 15) is 0 Å². The van der Waals surface area contributed by atoms with Gasteiger partial charge in [-0.15, -0.1) is 0 Å². The van der Waals surface area contributed by atoms with Crippen molar-refractivity contribution in [3.63, 3.8) is 0 Å². The molecule has 6 heteroatoms. The van der Waals surface area contributed by atoms with Gasteiger partial charge in [-0.2, -0.15) is 0 Å². The zero-order valence-corrected chi connectivity index (χ0v) is 13.8. The largest absolute Gasteiger partial charge is 0.531 e. The molecule has 0 aliphatic carbocycles. The normalized spacial score (nSPS) is 20.8. The van der Waals surface area contributed by atoms with Gasteiger partial charge in [0.1, 0.15) is 11.8 Å². The SMILES string of the molecule is CCO[Si](OCC)(OC(C)C)C(CC)OCC1CO1. The van der Waals surface area contributed by atoms with Crippen LogP contribution in [0.4, 0.5) is 0 Å². The van der Waals surface area contributed by atoms with Crippen molar-refractivity contribution in [3.05, 3.63) is 0 Å². The molecule has 1 saturated heterocycles. The molecule has 0 N–H and O–H groups in total. The van der Waals surface area contributed by atoms with Crippen molar-refractivity contribution in [1.29, 1.82) is 0 Å². The van der Waals surface area contributed by atoms with Gasteiger partial charge in [-0.05, 0) is 34.1 Å². The van der Waals surface area contributed by atoms with E-state index < -0.39 is 8.80 Å². The van der Waals surface area contributed by atoms with Crippen LogP contribution in [0.3, 0.4) is 0 Å². The molecule has 0 spiro atoms. The molecular formula is C13H28O5Si. The lowest BCUT2D eigenvalue weighted by atomic mass is 10.5. The molecule has 1 heterocycles. The summed E-state index contributed by atoms with van der Waals surface area (Å²) in [7, 11) is -2.80. The van der Waals surface area contributed by atoms with E-state index >= 15 is 0 Å². The van der Waals surface area contributed by atoms with E-state index in [0.29, 0.717) is 19.8 Å². The van der Waals surface area contributed by atoms with Gasteiger partial charge in [0.25, 0.3) is 0 Å². The maximum Gasteiger partial charge on any atom is 0.531 e. The van der Waals surface area contributed by atoms with Gasteiger partial charge in [-0.25, -0.2) is 0 Å².